The zero-order chi connectivity index (χ0) is 9.68. The molecule has 0 atom stereocenters. The molecule has 0 heterocycles. The molecular formula is C10H10BrClO. The van der Waals surface area contributed by atoms with E-state index in [1.54, 1.807) is 7.11 Å². The summed E-state index contributed by atoms with van der Waals surface area (Å²) in [5, 5.41) is 0. The summed E-state index contributed by atoms with van der Waals surface area (Å²) >= 11 is 8.91. The van der Waals surface area contributed by atoms with Crippen molar-refractivity contribution < 1.29 is 4.74 Å². The second kappa shape index (κ2) is 5.30. The van der Waals surface area contributed by atoms with Gasteiger partial charge in [0, 0.05) is 5.88 Å². The standard InChI is InChI=1S/C10H10BrClO/c1-13-10-7-8(3-2-6-12)4-5-9(10)11/h2-5,7H,6H2,1H3. The van der Waals surface area contributed by atoms with Gasteiger partial charge in [0.1, 0.15) is 5.75 Å². The number of ether oxygens (including phenoxy) is 1. The van der Waals surface area contributed by atoms with Gasteiger partial charge in [-0.1, -0.05) is 18.2 Å². The largest absolute Gasteiger partial charge is 0.496 e. The lowest BCUT2D eigenvalue weighted by Crippen LogP contribution is -1.84. The van der Waals surface area contributed by atoms with E-state index in [4.69, 9.17) is 16.3 Å². The Kier molecular flexibility index (Phi) is 4.33. The molecule has 0 unspecified atom stereocenters. The first kappa shape index (κ1) is 10.6. The minimum Gasteiger partial charge on any atom is -0.496 e. The van der Waals surface area contributed by atoms with Crippen LogP contribution in [0.15, 0.2) is 28.7 Å². The molecule has 0 fully saturated rings. The number of benzene rings is 1. The van der Waals surface area contributed by atoms with Gasteiger partial charge in [0.2, 0.25) is 0 Å². The van der Waals surface area contributed by atoms with Gasteiger partial charge in [-0.05, 0) is 33.6 Å². The lowest BCUT2D eigenvalue weighted by molar-refractivity contribution is 0.412. The molecule has 0 radical (unpaired) electrons. The van der Waals surface area contributed by atoms with Crippen LogP contribution in [0.2, 0.25) is 0 Å². The van der Waals surface area contributed by atoms with Gasteiger partial charge in [0.15, 0.2) is 0 Å². The van der Waals surface area contributed by atoms with Crippen LogP contribution in [-0.4, -0.2) is 13.0 Å². The maximum atomic E-state index is 5.53. The van der Waals surface area contributed by atoms with Gasteiger partial charge < -0.3 is 4.74 Å². The maximum Gasteiger partial charge on any atom is 0.133 e. The van der Waals surface area contributed by atoms with Gasteiger partial charge in [0.05, 0.1) is 11.6 Å². The van der Waals surface area contributed by atoms with E-state index in [1.165, 1.54) is 0 Å². The van der Waals surface area contributed by atoms with Gasteiger partial charge in [-0.15, -0.1) is 11.6 Å². The highest BCUT2D eigenvalue weighted by Gasteiger charge is 1.98. The monoisotopic (exact) mass is 260 g/mol. The van der Waals surface area contributed by atoms with E-state index in [0.717, 1.165) is 15.8 Å². The fourth-order valence-corrected chi connectivity index (χ4v) is 1.46. The van der Waals surface area contributed by atoms with Crippen molar-refractivity contribution >= 4 is 33.6 Å². The normalized spacial score (nSPS) is 10.7. The molecule has 0 N–H and O–H groups in total. The summed E-state index contributed by atoms with van der Waals surface area (Å²) in [6, 6.07) is 5.90. The summed E-state index contributed by atoms with van der Waals surface area (Å²) in [5.74, 6) is 1.36. The third-order valence-electron chi connectivity index (χ3n) is 1.57. The van der Waals surface area contributed by atoms with Gasteiger partial charge in [-0.2, -0.15) is 0 Å². The second-order valence-corrected chi connectivity index (χ2v) is 3.61. The third kappa shape index (κ3) is 3.05. The molecule has 1 aromatic rings. The van der Waals surface area contributed by atoms with E-state index in [1.807, 2.05) is 30.4 Å². The van der Waals surface area contributed by atoms with Crippen LogP contribution in [0, 0.1) is 0 Å². The zero-order valence-electron chi connectivity index (χ0n) is 7.26. The Labute approximate surface area is 91.5 Å². The smallest absolute Gasteiger partial charge is 0.133 e. The molecular weight excluding hydrogens is 251 g/mol. The summed E-state index contributed by atoms with van der Waals surface area (Å²) in [5.41, 5.74) is 1.08. The summed E-state index contributed by atoms with van der Waals surface area (Å²) in [6.07, 6.45) is 3.85. The lowest BCUT2D eigenvalue weighted by Gasteiger charge is -2.03. The minimum atomic E-state index is 0.526. The van der Waals surface area contributed by atoms with Gasteiger partial charge in [-0.25, -0.2) is 0 Å². The van der Waals surface area contributed by atoms with Crippen LogP contribution >= 0.6 is 27.5 Å². The van der Waals surface area contributed by atoms with E-state index < -0.39 is 0 Å². The van der Waals surface area contributed by atoms with Crippen molar-refractivity contribution in [3.05, 3.63) is 34.3 Å². The Hall–Kier alpha value is -0.470. The van der Waals surface area contributed by atoms with Gasteiger partial charge in [0.25, 0.3) is 0 Å². The molecule has 0 saturated heterocycles. The molecule has 1 rings (SSSR count). The summed E-state index contributed by atoms with van der Waals surface area (Å²) in [7, 11) is 1.65. The highest BCUT2D eigenvalue weighted by atomic mass is 79.9. The van der Waals surface area contributed by atoms with Crippen molar-refractivity contribution in [2.45, 2.75) is 0 Å². The Bertz CT molecular complexity index is 310. The van der Waals surface area contributed by atoms with Crippen molar-refractivity contribution in [1.82, 2.24) is 0 Å². The molecule has 0 aliphatic heterocycles. The Balaban J connectivity index is 2.92. The molecule has 1 nitrogen and oxygen atoms in total. The number of allylic oxidation sites excluding steroid dienone is 1. The molecule has 0 aromatic heterocycles. The quantitative estimate of drug-likeness (QED) is 0.754. The summed E-state index contributed by atoms with van der Waals surface area (Å²) in [6.45, 7) is 0. The number of hydrogen-bond donors (Lipinski definition) is 0. The van der Waals surface area contributed by atoms with Crippen LogP contribution in [0.5, 0.6) is 5.75 Å². The lowest BCUT2D eigenvalue weighted by atomic mass is 10.2. The molecule has 1 aromatic carbocycles. The number of hydrogen-bond acceptors (Lipinski definition) is 1. The van der Waals surface area contributed by atoms with E-state index in [-0.39, 0.29) is 0 Å². The van der Waals surface area contributed by atoms with E-state index in [0.29, 0.717) is 5.88 Å². The highest BCUT2D eigenvalue weighted by molar-refractivity contribution is 9.10. The van der Waals surface area contributed by atoms with E-state index >= 15 is 0 Å². The van der Waals surface area contributed by atoms with E-state index in [9.17, 15) is 0 Å². The Morgan fingerprint density at radius 3 is 2.92 bits per heavy atom. The first-order valence-electron chi connectivity index (χ1n) is 3.84. The molecule has 70 valence electrons. The Morgan fingerprint density at radius 1 is 1.54 bits per heavy atom. The average Bonchev–Trinajstić information content (AvgIpc) is 2.16. The molecule has 13 heavy (non-hydrogen) atoms. The molecule has 0 saturated carbocycles. The number of halogens is 2. The van der Waals surface area contributed by atoms with Crippen molar-refractivity contribution in [3.8, 4) is 5.75 Å². The summed E-state index contributed by atoms with van der Waals surface area (Å²) < 4.78 is 6.11. The van der Waals surface area contributed by atoms with Crippen LogP contribution in [-0.2, 0) is 0 Å². The van der Waals surface area contributed by atoms with Crippen LogP contribution in [0.3, 0.4) is 0 Å². The first-order chi connectivity index (χ1) is 6.27. The van der Waals surface area contributed by atoms with Crippen molar-refractivity contribution in [1.29, 1.82) is 0 Å². The van der Waals surface area contributed by atoms with E-state index in [2.05, 4.69) is 15.9 Å². The van der Waals surface area contributed by atoms with Crippen LogP contribution in [0.4, 0.5) is 0 Å². The van der Waals surface area contributed by atoms with Crippen molar-refractivity contribution in [2.75, 3.05) is 13.0 Å². The predicted octanol–water partition coefficient (Wildman–Crippen LogP) is 3.71. The first-order valence-corrected chi connectivity index (χ1v) is 5.16. The topological polar surface area (TPSA) is 9.23 Å². The van der Waals surface area contributed by atoms with Crippen LogP contribution < -0.4 is 4.74 Å². The molecule has 0 aliphatic rings. The Morgan fingerprint density at radius 2 is 2.31 bits per heavy atom. The van der Waals surface area contributed by atoms with Crippen LogP contribution in [0.25, 0.3) is 6.08 Å². The minimum absolute atomic E-state index is 0.526. The maximum absolute atomic E-state index is 5.53. The average molecular weight is 262 g/mol. The van der Waals surface area contributed by atoms with Gasteiger partial charge in [-0.3, -0.25) is 0 Å². The highest BCUT2D eigenvalue weighted by Crippen LogP contribution is 2.25. The van der Waals surface area contributed by atoms with Crippen LogP contribution in [0.1, 0.15) is 5.56 Å². The fraction of sp³-hybridized carbons (Fsp3) is 0.200. The molecule has 0 aliphatic carbocycles. The predicted molar refractivity (Wildman–Crippen MR) is 60.4 cm³/mol. The second-order valence-electron chi connectivity index (χ2n) is 2.45. The summed E-state index contributed by atoms with van der Waals surface area (Å²) in [4.78, 5) is 0. The van der Waals surface area contributed by atoms with Crippen molar-refractivity contribution in [2.24, 2.45) is 0 Å². The molecule has 0 spiro atoms. The SMILES string of the molecule is COc1cc(C=CCCl)ccc1Br. The molecule has 3 heteroatoms. The molecule has 0 bridgehead atoms. The molecule has 0 amide bonds. The number of methoxy groups -OCH3 is 1. The number of rotatable bonds is 3. The van der Waals surface area contributed by atoms with Gasteiger partial charge >= 0.3 is 0 Å². The van der Waals surface area contributed by atoms with Crippen molar-refractivity contribution in [3.63, 3.8) is 0 Å². The third-order valence-corrected chi connectivity index (χ3v) is 2.41. The fourth-order valence-electron chi connectivity index (χ4n) is 0.961. The zero-order valence-corrected chi connectivity index (χ0v) is 9.60. The number of alkyl halides is 1.